The SMILES string of the molecule is Cc1cc(Cl)ccc1-n1nnnc1-c1ccc(N)c(Cl)c1. The molecule has 0 aliphatic rings. The van der Waals surface area contributed by atoms with E-state index in [4.69, 9.17) is 28.9 Å². The van der Waals surface area contributed by atoms with Crippen molar-refractivity contribution < 1.29 is 0 Å². The molecule has 0 unspecified atom stereocenters. The van der Waals surface area contributed by atoms with Crippen molar-refractivity contribution in [2.45, 2.75) is 6.92 Å². The number of hydrogen-bond donors (Lipinski definition) is 1. The predicted molar refractivity (Wildman–Crippen MR) is 83.8 cm³/mol. The maximum absolute atomic E-state index is 6.06. The average molecular weight is 320 g/mol. The summed E-state index contributed by atoms with van der Waals surface area (Å²) in [7, 11) is 0. The van der Waals surface area contributed by atoms with Crippen molar-refractivity contribution >= 4 is 28.9 Å². The van der Waals surface area contributed by atoms with Crippen molar-refractivity contribution in [3.05, 3.63) is 52.0 Å². The van der Waals surface area contributed by atoms with Gasteiger partial charge in [-0.1, -0.05) is 23.2 Å². The van der Waals surface area contributed by atoms with E-state index in [1.165, 1.54) is 0 Å². The van der Waals surface area contributed by atoms with Gasteiger partial charge in [-0.05, 0) is 59.3 Å². The first-order valence-corrected chi connectivity index (χ1v) is 6.92. The summed E-state index contributed by atoms with van der Waals surface area (Å²) in [5.74, 6) is 0.585. The zero-order chi connectivity index (χ0) is 15.0. The van der Waals surface area contributed by atoms with E-state index in [1.807, 2.05) is 25.1 Å². The quantitative estimate of drug-likeness (QED) is 0.733. The highest BCUT2D eigenvalue weighted by molar-refractivity contribution is 6.33. The molecule has 2 aromatic carbocycles. The number of tetrazole rings is 1. The lowest BCUT2D eigenvalue weighted by molar-refractivity contribution is 0.787. The van der Waals surface area contributed by atoms with Gasteiger partial charge in [0.05, 0.1) is 16.4 Å². The van der Waals surface area contributed by atoms with Gasteiger partial charge in [0, 0.05) is 10.6 Å². The molecule has 0 amide bonds. The van der Waals surface area contributed by atoms with Gasteiger partial charge in [0.15, 0.2) is 5.82 Å². The molecular weight excluding hydrogens is 309 g/mol. The Kier molecular flexibility index (Phi) is 3.53. The van der Waals surface area contributed by atoms with Crippen LogP contribution in [0, 0.1) is 6.92 Å². The number of nitrogen functional groups attached to an aromatic ring is 1. The summed E-state index contributed by atoms with van der Waals surface area (Å²) in [6, 6.07) is 10.8. The second kappa shape index (κ2) is 5.35. The normalized spacial score (nSPS) is 10.8. The first-order valence-electron chi connectivity index (χ1n) is 6.16. The number of nitrogens with two attached hydrogens (primary N) is 1. The Labute approximate surface area is 131 Å². The van der Waals surface area contributed by atoms with Gasteiger partial charge in [-0.25, -0.2) is 0 Å². The maximum atomic E-state index is 6.06. The molecule has 3 aromatic rings. The second-order valence-corrected chi connectivity index (χ2v) is 5.43. The lowest BCUT2D eigenvalue weighted by Gasteiger charge is -2.09. The van der Waals surface area contributed by atoms with Crippen molar-refractivity contribution in [1.82, 2.24) is 20.2 Å². The zero-order valence-corrected chi connectivity index (χ0v) is 12.6. The summed E-state index contributed by atoms with van der Waals surface area (Å²) >= 11 is 12.0. The lowest BCUT2D eigenvalue weighted by Crippen LogP contribution is -2.02. The molecule has 0 spiro atoms. The number of halogens is 2. The highest BCUT2D eigenvalue weighted by atomic mass is 35.5. The fraction of sp³-hybridized carbons (Fsp3) is 0.0714. The number of nitrogens with zero attached hydrogens (tertiary/aromatic N) is 4. The van der Waals surface area contributed by atoms with Crippen molar-refractivity contribution in [3.63, 3.8) is 0 Å². The minimum atomic E-state index is 0.467. The van der Waals surface area contributed by atoms with Crippen LogP contribution in [0.4, 0.5) is 5.69 Å². The standard InChI is InChI=1S/C14H11Cl2N5/c1-8-6-10(15)3-5-13(8)21-14(18-19-20-21)9-2-4-12(17)11(16)7-9/h2-7H,17H2,1H3. The summed E-state index contributed by atoms with van der Waals surface area (Å²) < 4.78 is 1.65. The number of anilines is 1. The molecular formula is C14H11Cl2N5. The van der Waals surface area contributed by atoms with E-state index in [0.29, 0.717) is 21.6 Å². The summed E-state index contributed by atoms with van der Waals surface area (Å²) in [6.07, 6.45) is 0. The van der Waals surface area contributed by atoms with Gasteiger partial charge in [-0.2, -0.15) is 4.68 Å². The van der Waals surface area contributed by atoms with Crippen molar-refractivity contribution in [1.29, 1.82) is 0 Å². The van der Waals surface area contributed by atoms with Crippen molar-refractivity contribution in [3.8, 4) is 17.1 Å². The Hall–Kier alpha value is -2.11. The molecule has 0 atom stereocenters. The van der Waals surface area contributed by atoms with Gasteiger partial charge in [0.2, 0.25) is 0 Å². The number of hydrogen-bond acceptors (Lipinski definition) is 4. The van der Waals surface area contributed by atoms with Crippen molar-refractivity contribution in [2.24, 2.45) is 0 Å². The van der Waals surface area contributed by atoms with Crippen LogP contribution in [0.5, 0.6) is 0 Å². The molecule has 0 bridgehead atoms. The van der Waals surface area contributed by atoms with Crippen LogP contribution in [0.1, 0.15) is 5.56 Å². The van der Waals surface area contributed by atoms with Crippen molar-refractivity contribution in [2.75, 3.05) is 5.73 Å². The van der Waals surface area contributed by atoms with Gasteiger partial charge in [-0.3, -0.25) is 0 Å². The minimum Gasteiger partial charge on any atom is -0.398 e. The Morgan fingerprint density at radius 3 is 2.62 bits per heavy atom. The Morgan fingerprint density at radius 1 is 1.10 bits per heavy atom. The lowest BCUT2D eigenvalue weighted by atomic mass is 10.1. The van der Waals surface area contributed by atoms with Crippen LogP contribution >= 0.6 is 23.2 Å². The van der Waals surface area contributed by atoms with E-state index in [2.05, 4.69) is 15.5 Å². The summed E-state index contributed by atoms with van der Waals surface area (Å²) in [5, 5.41) is 13.0. The molecule has 0 saturated carbocycles. The van der Waals surface area contributed by atoms with Crippen LogP contribution < -0.4 is 5.73 Å². The van der Waals surface area contributed by atoms with Crippen LogP contribution in [0.3, 0.4) is 0 Å². The molecule has 0 aliphatic carbocycles. The van der Waals surface area contributed by atoms with Crippen LogP contribution in [0.25, 0.3) is 17.1 Å². The third-order valence-electron chi connectivity index (χ3n) is 3.12. The maximum Gasteiger partial charge on any atom is 0.187 e. The minimum absolute atomic E-state index is 0.467. The molecule has 0 radical (unpaired) electrons. The largest absolute Gasteiger partial charge is 0.398 e. The average Bonchev–Trinajstić information content (AvgIpc) is 2.91. The molecule has 0 aliphatic heterocycles. The third kappa shape index (κ3) is 2.57. The smallest absolute Gasteiger partial charge is 0.187 e. The topological polar surface area (TPSA) is 69.6 Å². The summed E-state index contributed by atoms with van der Waals surface area (Å²) in [6.45, 7) is 1.95. The van der Waals surface area contributed by atoms with E-state index in [9.17, 15) is 0 Å². The molecule has 106 valence electrons. The molecule has 1 aromatic heterocycles. The molecule has 7 heteroatoms. The first-order chi connectivity index (χ1) is 10.1. The van der Waals surface area contributed by atoms with E-state index < -0.39 is 0 Å². The van der Waals surface area contributed by atoms with Crippen LogP contribution in [0.2, 0.25) is 10.0 Å². The molecule has 5 nitrogen and oxygen atoms in total. The summed E-state index contributed by atoms with van der Waals surface area (Å²) in [4.78, 5) is 0. The Bertz CT molecular complexity index is 813. The number of rotatable bonds is 2. The van der Waals surface area contributed by atoms with Crippen LogP contribution in [-0.4, -0.2) is 20.2 Å². The van der Waals surface area contributed by atoms with E-state index in [0.717, 1.165) is 16.8 Å². The molecule has 0 fully saturated rings. The Balaban J connectivity index is 2.14. The molecule has 2 N–H and O–H groups in total. The fourth-order valence-electron chi connectivity index (χ4n) is 2.05. The fourth-order valence-corrected chi connectivity index (χ4v) is 2.46. The van der Waals surface area contributed by atoms with Crippen LogP contribution in [0.15, 0.2) is 36.4 Å². The van der Waals surface area contributed by atoms with Gasteiger partial charge in [0.25, 0.3) is 0 Å². The molecule has 21 heavy (non-hydrogen) atoms. The van der Waals surface area contributed by atoms with Gasteiger partial charge in [-0.15, -0.1) is 5.10 Å². The van der Waals surface area contributed by atoms with E-state index >= 15 is 0 Å². The third-order valence-corrected chi connectivity index (χ3v) is 3.68. The van der Waals surface area contributed by atoms with Gasteiger partial charge in [0.1, 0.15) is 0 Å². The second-order valence-electron chi connectivity index (χ2n) is 4.58. The van der Waals surface area contributed by atoms with E-state index in [-0.39, 0.29) is 0 Å². The molecule has 0 saturated heterocycles. The monoisotopic (exact) mass is 319 g/mol. The summed E-state index contributed by atoms with van der Waals surface area (Å²) in [5.41, 5.74) is 8.85. The van der Waals surface area contributed by atoms with Gasteiger partial charge < -0.3 is 5.73 Å². The molecule has 3 rings (SSSR count). The zero-order valence-electron chi connectivity index (χ0n) is 11.1. The van der Waals surface area contributed by atoms with E-state index in [1.54, 1.807) is 22.9 Å². The highest BCUT2D eigenvalue weighted by Gasteiger charge is 2.13. The van der Waals surface area contributed by atoms with Gasteiger partial charge >= 0.3 is 0 Å². The Morgan fingerprint density at radius 2 is 1.90 bits per heavy atom. The number of aromatic nitrogens is 4. The predicted octanol–water partition coefficient (Wildman–Crippen LogP) is 3.53. The van der Waals surface area contributed by atoms with Crippen LogP contribution in [-0.2, 0) is 0 Å². The first kappa shape index (κ1) is 13.9. The molecule has 1 heterocycles. The number of aryl methyl sites for hydroxylation is 1. The highest BCUT2D eigenvalue weighted by Crippen LogP contribution is 2.27. The number of benzene rings is 2.